The predicted octanol–water partition coefficient (Wildman–Crippen LogP) is -18.7. The number of amides is 3. The molecule has 8 fully saturated rings. The van der Waals surface area contributed by atoms with E-state index < -0.39 is 364 Å². The lowest BCUT2D eigenvalue weighted by molar-refractivity contribution is -0.399. The monoisotopic (exact) mass is 1700 g/mol. The quantitative estimate of drug-likeness (QED) is 0.0266. The van der Waals surface area contributed by atoms with E-state index in [9.17, 15) is 157 Å². The average molecular weight is 1700 g/mol. The minimum absolute atomic E-state index is 0.841. The molecule has 0 bridgehead atoms. The highest BCUT2D eigenvalue weighted by atomic mass is 16.8. The number of nitrogens with one attached hydrogen (secondary N) is 3. The number of hydrogen-bond acceptors (Lipinski definition) is 47. The molecule has 0 aromatic heterocycles. The van der Waals surface area contributed by atoms with Crippen LogP contribution in [0.5, 0.6) is 0 Å². The van der Waals surface area contributed by atoms with Crippen LogP contribution in [0.15, 0.2) is 0 Å². The fraction of sp³-hybridized carbons (Fsp3) is 0.923. The van der Waals surface area contributed by atoms with Crippen LogP contribution in [-0.2, 0) is 104 Å². The predicted molar refractivity (Wildman–Crippen MR) is 358 cm³/mol. The molecule has 0 saturated carbocycles. The molecule has 3 amide bonds. The van der Waals surface area contributed by atoms with Crippen LogP contribution in [0.4, 0.5) is 0 Å². The lowest BCUT2D eigenvalue weighted by Crippen LogP contribution is -2.72. The van der Waals surface area contributed by atoms with Gasteiger partial charge in [0, 0.05) is 27.7 Å². The zero-order chi connectivity index (χ0) is 86.3. The van der Waals surface area contributed by atoms with Crippen molar-refractivity contribution in [2.75, 3.05) is 52.9 Å². The Kier molecular flexibility index (Phi) is 35.3. The molecule has 0 aromatic carbocycles. The van der Waals surface area contributed by atoms with E-state index in [1.807, 2.05) is 0 Å². The maximum atomic E-state index is 13.7. The smallest absolute Gasteiger partial charge is 0.364 e. The van der Waals surface area contributed by atoms with Gasteiger partial charge in [-0.3, -0.25) is 19.2 Å². The van der Waals surface area contributed by atoms with Crippen molar-refractivity contribution in [1.82, 2.24) is 16.0 Å². The Morgan fingerprint density at radius 1 is 0.405 bits per heavy atom. The number of carbonyl (C=O) groups excluding carboxylic acids is 4. The lowest BCUT2D eigenvalue weighted by Gasteiger charge is -2.52. The molecule has 0 aromatic rings. The zero-order valence-corrected chi connectivity index (χ0v) is 62.9. The number of aliphatic carboxylic acids is 1. The second-order valence-electron chi connectivity index (χ2n) is 29.2. The lowest BCUT2D eigenvalue weighted by atomic mass is 9.87. The van der Waals surface area contributed by atoms with E-state index >= 15 is 0 Å². The summed E-state index contributed by atoms with van der Waals surface area (Å²) in [4.78, 5) is 65.9. The highest BCUT2D eigenvalue weighted by molar-refractivity contribution is 5.77. The summed E-state index contributed by atoms with van der Waals surface area (Å²) in [6.07, 6.45) is -90.7. The van der Waals surface area contributed by atoms with Gasteiger partial charge in [0.05, 0.1) is 77.5 Å². The second-order valence-corrected chi connectivity index (χ2v) is 29.2. The Balaban J connectivity index is 1.20. The van der Waals surface area contributed by atoms with Crippen molar-refractivity contribution in [2.24, 2.45) is 0 Å². The first-order valence-electron chi connectivity index (χ1n) is 36.8. The van der Waals surface area contributed by atoms with Gasteiger partial charge >= 0.3 is 11.9 Å². The van der Waals surface area contributed by atoms with E-state index in [1.165, 1.54) is 13.8 Å². The molecule has 116 heavy (non-hydrogen) atoms. The number of carboxylic acid groups (broad SMARTS) is 1. The number of rotatable bonds is 34. The van der Waals surface area contributed by atoms with Crippen molar-refractivity contribution in [3.63, 3.8) is 0 Å². The van der Waals surface area contributed by atoms with Crippen LogP contribution < -0.4 is 16.0 Å². The first-order chi connectivity index (χ1) is 54.6. The van der Waals surface area contributed by atoms with Crippen molar-refractivity contribution in [3.05, 3.63) is 0 Å². The van der Waals surface area contributed by atoms with Crippen molar-refractivity contribution >= 4 is 29.7 Å². The third kappa shape index (κ3) is 21.8. The highest BCUT2D eigenvalue weighted by Crippen LogP contribution is 2.43. The number of ether oxygens (including phenoxy) is 17. The Morgan fingerprint density at radius 2 is 0.793 bits per heavy atom. The van der Waals surface area contributed by atoms with Gasteiger partial charge in [-0.1, -0.05) is 0 Å². The van der Waals surface area contributed by atoms with E-state index in [0.717, 1.165) is 27.7 Å². The second kappa shape index (κ2) is 42.2. The number of aliphatic hydroxyl groups excluding tert-OH is 25. The number of carboxylic acids is 1. The van der Waals surface area contributed by atoms with E-state index in [-0.39, 0.29) is 0 Å². The van der Waals surface area contributed by atoms with Crippen LogP contribution >= 0.6 is 0 Å². The van der Waals surface area contributed by atoms with Crippen LogP contribution in [-0.4, -0.2) is 491 Å². The molecule has 0 aliphatic carbocycles. The third-order valence-electron chi connectivity index (χ3n) is 20.8. The Morgan fingerprint density at radius 3 is 1.25 bits per heavy atom. The first kappa shape index (κ1) is 97.2. The minimum Gasteiger partial charge on any atom is -0.477 e. The van der Waals surface area contributed by atoms with E-state index in [1.54, 1.807) is 0 Å². The van der Waals surface area contributed by atoms with Gasteiger partial charge in [0.25, 0.3) is 5.79 Å². The number of carbonyl (C=O) groups is 5. The van der Waals surface area contributed by atoms with Crippen LogP contribution in [0.1, 0.15) is 48.0 Å². The van der Waals surface area contributed by atoms with Crippen LogP contribution in [0.25, 0.3) is 0 Å². The van der Waals surface area contributed by atoms with E-state index in [4.69, 9.17) is 80.5 Å². The number of aliphatic hydroxyl groups is 25. The summed E-state index contributed by atoms with van der Waals surface area (Å²) in [6.45, 7) is -3.98. The molecular weight excluding hydrogens is 1590 g/mol. The van der Waals surface area contributed by atoms with Gasteiger partial charge < -0.3 is 229 Å². The molecule has 51 nitrogen and oxygen atoms in total. The minimum atomic E-state index is -3.40. The summed E-state index contributed by atoms with van der Waals surface area (Å²) in [6, 6.07) is -5.94. The normalized spacial score (nSPS) is 45.3. The summed E-state index contributed by atoms with van der Waals surface area (Å²) >= 11 is 0. The zero-order valence-electron chi connectivity index (χ0n) is 62.9. The Labute approximate surface area is 657 Å². The first-order valence-corrected chi connectivity index (χ1v) is 36.8. The molecule has 8 saturated heterocycles. The molecule has 8 heterocycles. The molecule has 0 spiro atoms. The van der Waals surface area contributed by atoms with E-state index in [0.29, 0.717) is 0 Å². The molecule has 0 unspecified atom stereocenters. The molecule has 29 N–H and O–H groups in total. The Bertz CT molecular complexity index is 3110. The number of esters is 1. The van der Waals surface area contributed by atoms with Crippen molar-refractivity contribution in [1.29, 1.82) is 0 Å². The van der Waals surface area contributed by atoms with Gasteiger partial charge in [-0.25, -0.2) is 4.79 Å². The SMILES string of the molecule is CC(=O)N[C@H]1[C@H](OC[C@H]2O[C@@H](O[C@@H]([C@H](O)[C@@H](O)CO)[C@H](O)CO)[C@H](O)[C@@H](O[C@@H]3O[C@H](CO)[C@@H](O[C@@H]4O[C@H](CO)[C@H](O)[C@H](O[C@]5(C(=O)O)C[C@H](OC(C)=O)[C@@H](NC(C)=O)[C@H]([C@H](O)[C@H](O)CO)O5)[C@H]4O)[C@H](O[C@@H]4O[C@@H](C)[C@@H](O)[C@@H](O)[C@@H]4O)[C@H]3NC(C)=O)[C@H]2O)O[C@H](CO)[C@@H](O[C@@H]2O[C@H](CO)[C@H](O)[C@H](O)[C@H]2O)[C@@H]1O[C@@H]1O[C@@H](C)[C@@H](O)[C@@H](O)[C@@H]1O. The van der Waals surface area contributed by atoms with Gasteiger partial charge in [-0.2, -0.15) is 0 Å². The summed E-state index contributed by atoms with van der Waals surface area (Å²) in [5, 5.41) is 294. The summed E-state index contributed by atoms with van der Waals surface area (Å²) in [5.74, 6) is -9.77. The Hall–Kier alpha value is -4.29. The molecular formula is C65H109N3O48. The largest absolute Gasteiger partial charge is 0.477 e. The fourth-order valence-corrected chi connectivity index (χ4v) is 14.6. The van der Waals surface area contributed by atoms with Crippen LogP contribution in [0.3, 0.4) is 0 Å². The third-order valence-corrected chi connectivity index (χ3v) is 20.8. The molecule has 0 radical (unpaired) electrons. The van der Waals surface area contributed by atoms with Gasteiger partial charge in [-0.15, -0.1) is 0 Å². The van der Waals surface area contributed by atoms with E-state index in [2.05, 4.69) is 16.0 Å². The van der Waals surface area contributed by atoms with Crippen molar-refractivity contribution in [3.8, 4) is 0 Å². The fourth-order valence-electron chi connectivity index (χ4n) is 14.6. The van der Waals surface area contributed by atoms with Gasteiger partial charge in [0.15, 0.2) is 44.0 Å². The van der Waals surface area contributed by atoms with Gasteiger partial charge in [-0.05, 0) is 13.8 Å². The molecule has 8 rings (SSSR count). The standard InChI is InChI=1S/C65H109N3O48/c1-16-34(83)41(90)44(93)59(101-16)112-53-32(67-19(4)77)57(106-28(13-74)50(53)110-61-46(95)43(92)38(87)26(11-72)104-61)100-15-30-40(89)55(47(96)62(108-30)109-49(24(82)10-71)36(85)22(80)8-69)114-58-33(68-20(5)78)54(113-60-45(94)42(91)35(84)17(2)102-60)51(29(14-75)107-58)111-63-48(97)56(39(88)27(12-73)105-63)116-65(64(98)99)7-25(103-21(6)79)31(66-18(3)76)52(115-65)37(86)23(81)9-70/h16-17,22-63,69-75,80-97H,7-15H2,1-6H3,(H,66,76)(H,67,77)(H,68,78)(H,98,99)/t16-,17-,22-,23+,24+,25-,26+,27+,28+,29+,30+,31+,32+,33+,34+,35+,36+,37+,38-,39-,40-,41+,42+,43-,44-,45-,46+,47+,48+,49+,50+,51+,52+,53+,54+,55-,56-,57+,58-,59-,60-,61-,62-,63-,65-/m0/s1. The topological polar surface area (TPSA) is 804 Å². The summed E-state index contributed by atoms with van der Waals surface area (Å²) in [7, 11) is 0. The number of hydrogen-bond donors (Lipinski definition) is 29. The van der Waals surface area contributed by atoms with Crippen LogP contribution in [0, 0.1) is 0 Å². The molecule has 672 valence electrons. The molecule has 8 aliphatic heterocycles. The summed E-state index contributed by atoms with van der Waals surface area (Å²) in [5.41, 5.74) is 0. The van der Waals surface area contributed by atoms with Gasteiger partial charge in [0.2, 0.25) is 17.7 Å². The van der Waals surface area contributed by atoms with Gasteiger partial charge in [0.1, 0.15) is 207 Å². The maximum Gasteiger partial charge on any atom is 0.364 e. The highest BCUT2D eigenvalue weighted by Gasteiger charge is 2.64. The average Bonchev–Trinajstić information content (AvgIpc) is 0.755. The van der Waals surface area contributed by atoms with Crippen LogP contribution in [0.2, 0.25) is 0 Å². The molecule has 8 aliphatic rings. The molecule has 51 heteroatoms. The molecule has 45 atom stereocenters. The van der Waals surface area contributed by atoms with Crippen molar-refractivity contribution < 1.29 is 237 Å². The summed E-state index contributed by atoms with van der Waals surface area (Å²) < 4.78 is 102. The maximum absolute atomic E-state index is 13.7. The van der Waals surface area contributed by atoms with Crippen molar-refractivity contribution in [2.45, 2.75) is 323 Å².